The van der Waals surface area contributed by atoms with E-state index in [2.05, 4.69) is 6.92 Å². The van der Waals surface area contributed by atoms with Crippen LogP contribution in [-0.2, 0) is 16.1 Å². The Hall–Kier alpha value is -1.06. The minimum absolute atomic E-state index is 0.264. The molecular weight excluding hydrogens is 298 g/mol. The van der Waals surface area contributed by atoms with E-state index in [1.807, 2.05) is 58.0 Å². The first-order valence-electron chi connectivity index (χ1n) is 7.90. The minimum atomic E-state index is -0.833. The van der Waals surface area contributed by atoms with Crippen LogP contribution in [0.25, 0.3) is 0 Å². The average Bonchev–Trinajstić information content (AvgIpc) is 2.43. The summed E-state index contributed by atoms with van der Waals surface area (Å²) in [7, 11) is 0. The molecule has 0 saturated carbocycles. The van der Waals surface area contributed by atoms with Crippen LogP contribution in [-0.4, -0.2) is 21.5 Å². The van der Waals surface area contributed by atoms with Gasteiger partial charge in [-0.15, -0.1) is 0 Å². The molecule has 3 nitrogen and oxygen atoms in total. The second-order valence-corrected chi connectivity index (χ2v) is 7.29. The van der Waals surface area contributed by atoms with E-state index in [-0.39, 0.29) is 5.97 Å². The molecule has 22 heavy (non-hydrogen) atoms. The van der Waals surface area contributed by atoms with Gasteiger partial charge < -0.3 is 4.74 Å². The molecule has 0 bridgehead atoms. The molecule has 0 aromatic heterocycles. The van der Waals surface area contributed by atoms with Crippen molar-refractivity contribution in [1.82, 2.24) is 4.42 Å². The van der Waals surface area contributed by atoms with Crippen molar-refractivity contribution in [2.24, 2.45) is 0 Å². The number of ether oxygens (including phenoxy) is 1. The van der Waals surface area contributed by atoms with Gasteiger partial charge in [0.05, 0.1) is 0 Å². The van der Waals surface area contributed by atoms with Crippen LogP contribution in [0.4, 0.5) is 0 Å². The van der Waals surface area contributed by atoms with Gasteiger partial charge >= 0.3 is 5.97 Å². The van der Waals surface area contributed by atoms with Gasteiger partial charge in [0.25, 0.3) is 0 Å². The highest BCUT2D eigenvalue weighted by atomic mass is 35.5. The molecule has 1 atom stereocenters. The van der Waals surface area contributed by atoms with E-state index in [9.17, 15) is 4.79 Å². The van der Waals surface area contributed by atoms with Crippen LogP contribution in [0.1, 0.15) is 59.4 Å². The normalized spacial score (nSPS) is 14.7. The van der Waals surface area contributed by atoms with E-state index >= 15 is 0 Å². The summed E-state index contributed by atoms with van der Waals surface area (Å²) < 4.78 is 7.18. The van der Waals surface area contributed by atoms with Crippen molar-refractivity contribution in [3.8, 4) is 0 Å². The van der Waals surface area contributed by atoms with Crippen LogP contribution < -0.4 is 0 Å². The first-order valence-corrected chi connectivity index (χ1v) is 8.23. The van der Waals surface area contributed by atoms with E-state index in [1.54, 1.807) is 4.42 Å². The van der Waals surface area contributed by atoms with Gasteiger partial charge in [-0.3, -0.25) is 0 Å². The lowest BCUT2D eigenvalue weighted by atomic mass is 9.94. The zero-order valence-electron chi connectivity index (χ0n) is 14.4. The third-order valence-corrected chi connectivity index (χ3v) is 4.05. The molecule has 0 aliphatic rings. The molecule has 1 aromatic rings. The van der Waals surface area contributed by atoms with Crippen LogP contribution in [0.3, 0.4) is 0 Å². The zero-order chi connectivity index (χ0) is 16.8. The summed E-state index contributed by atoms with van der Waals surface area (Å²) in [6.45, 7) is 10.1. The SMILES string of the molecule is CCCC[C@](C)(C(=O)OC(C)(C)C)N(Cl)Cc1ccccc1. The van der Waals surface area contributed by atoms with Gasteiger partial charge in [-0.05, 0) is 51.5 Å². The summed E-state index contributed by atoms with van der Waals surface area (Å²) >= 11 is 6.51. The number of esters is 1. The predicted molar refractivity (Wildman–Crippen MR) is 91.6 cm³/mol. The molecule has 0 heterocycles. The standard InChI is InChI=1S/C18H28ClNO2/c1-6-7-13-18(5,16(21)22-17(2,3)4)20(19)14-15-11-9-8-10-12-15/h8-12H,6-7,13-14H2,1-5H3/t18-/m1/s1. The number of rotatable bonds is 7. The average molecular weight is 326 g/mol. The highest BCUT2D eigenvalue weighted by Crippen LogP contribution is 2.29. The Labute approximate surface area is 139 Å². The monoisotopic (exact) mass is 325 g/mol. The summed E-state index contributed by atoms with van der Waals surface area (Å²) in [5.41, 5.74) is -0.279. The molecular formula is C18H28ClNO2. The van der Waals surface area contributed by atoms with E-state index < -0.39 is 11.1 Å². The number of benzene rings is 1. The summed E-state index contributed by atoms with van der Waals surface area (Å²) in [4.78, 5) is 12.7. The van der Waals surface area contributed by atoms with Gasteiger partial charge in [-0.1, -0.05) is 50.1 Å². The molecule has 0 aliphatic heterocycles. The Balaban J connectivity index is 2.91. The molecule has 0 fully saturated rings. The fraction of sp³-hybridized carbons (Fsp3) is 0.611. The lowest BCUT2D eigenvalue weighted by Crippen LogP contribution is -2.50. The fourth-order valence-electron chi connectivity index (χ4n) is 2.15. The third kappa shape index (κ3) is 5.62. The van der Waals surface area contributed by atoms with Gasteiger partial charge in [0.1, 0.15) is 11.1 Å². The highest BCUT2D eigenvalue weighted by Gasteiger charge is 2.41. The number of hydrogen-bond acceptors (Lipinski definition) is 3. The Morgan fingerprint density at radius 1 is 1.18 bits per heavy atom. The van der Waals surface area contributed by atoms with Crippen molar-refractivity contribution in [3.63, 3.8) is 0 Å². The predicted octanol–water partition coefficient (Wildman–Crippen LogP) is 4.93. The van der Waals surface area contributed by atoms with Gasteiger partial charge in [0.15, 0.2) is 0 Å². The van der Waals surface area contributed by atoms with Crippen molar-refractivity contribution in [2.45, 2.75) is 71.6 Å². The second-order valence-electron chi connectivity index (χ2n) is 6.89. The zero-order valence-corrected chi connectivity index (χ0v) is 15.1. The Kier molecular flexibility index (Phi) is 6.89. The maximum Gasteiger partial charge on any atom is 0.328 e. The van der Waals surface area contributed by atoms with Crippen molar-refractivity contribution in [3.05, 3.63) is 35.9 Å². The van der Waals surface area contributed by atoms with Gasteiger partial charge in [0.2, 0.25) is 0 Å². The number of carbonyl (C=O) groups excluding carboxylic acids is 1. The Morgan fingerprint density at radius 3 is 2.27 bits per heavy atom. The largest absolute Gasteiger partial charge is 0.459 e. The summed E-state index contributed by atoms with van der Waals surface area (Å²) in [6.07, 6.45) is 2.61. The lowest BCUT2D eigenvalue weighted by molar-refractivity contribution is -0.166. The molecule has 0 amide bonds. The molecule has 1 rings (SSSR count). The molecule has 0 aliphatic carbocycles. The molecule has 0 N–H and O–H groups in total. The maximum absolute atomic E-state index is 12.7. The van der Waals surface area contributed by atoms with Gasteiger partial charge in [-0.2, -0.15) is 4.42 Å². The molecule has 1 aromatic carbocycles. The fourth-order valence-corrected chi connectivity index (χ4v) is 2.44. The molecule has 0 saturated heterocycles. The van der Waals surface area contributed by atoms with Gasteiger partial charge in [-0.25, -0.2) is 4.79 Å². The number of unbranched alkanes of at least 4 members (excludes halogenated alkanes) is 1. The molecule has 0 radical (unpaired) electrons. The molecule has 4 heteroatoms. The molecule has 0 spiro atoms. The second kappa shape index (κ2) is 7.98. The quantitative estimate of drug-likeness (QED) is 0.525. The Bertz CT molecular complexity index is 470. The van der Waals surface area contributed by atoms with E-state index in [4.69, 9.17) is 16.5 Å². The molecule has 124 valence electrons. The molecule has 0 unspecified atom stereocenters. The van der Waals surface area contributed by atoms with Crippen molar-refractivity contribution >= 4 is 17.7 Å². The van der Waals surface area contributed by atoms with Crippen LogP contribution in [0.5, 0.6) is 0 Å². The smallest absolute Gasteiger partial charge is 0.328 e. The summed E-state index contributed by atoms with van der Waals surface area (Å²) in [5, 5.41) is 0. The number of hydrogen-bond donors (Lipinski definition) is 0. The first-order chi connectivity index (χ1) is 10.2. The van der Waals surface area contributed by atoms with E-state index in [0.29, 0.717) is 13.0 Å². The number of halogens is 1. The number of carbonyl (C=O) groups is 1. The maximum atomic E-state index is 12.7. The van der Waals surface area contributed by atoms with Crippen LogP contribution in [0.15, 0.2) is 30.3 Å². The lowest BCUT2D eigenvalue weighted by Gasteiger charge is -2.36. The van der Waals surface area contributed by atoms with Gasteiger partial charge in [0, 0.05) is 6.54 Å². The highest BCUT2D eigenvalue weighted by molar-refractivity contribution is 6.15. The van der Waals surface area contributed by atoms with Crippen LogP contribution >= 0.6 is 11.8 Å². The van der Waals surface area contributed by atoms with Crippen molar-refractivity contribution in [2.75, 3.05) is 0 Å². The van der Waals surface area contributed by atoms with Crippen molar-refractivity contribution in [1.29, 1.82) is 0 Å². The summed E-state index contributed by atoms with van der Waals surface area (Å²) in [6, 6.07) is 9.91. The topological polar surface area (TPSA) is 29.5 Å². The van der Waals surface area contributed by atoms with E-state index in [1.165, 1.54) is 0 Å². The first kappa shape index (κ1) is 19.0. The van der Waals surface area contributed by atoms with Crippen molar-refractivity contribution < 1.29 is 9.53 Å². The summed E-state index contributed by atoms with van der Waals surface area (Å²) in [5.74, 6) is -0.264. The Morgan fingerprint density at radius 2 is 1.77 bits per heavy atom. The minimum Gasteiger partial charge on any atom is -0.459 e. The van der Waals surface area contributed by atoms with E-state index in [0.717, 1.165) is 18.4 Å². The third-order valence-electron chi connectivity index (χ3n) is 3.56. The van der Waals surface area contributed by atoms with Crippen LogP contribution in [0.2, 0.25) is 0 Å². The van der Waals surface area contributed by atoms with Crippen LogP contribution in [0, 0.1) is 0 Å². The number of nitrogens with zero attached hydrogens (tertiary/aromatic N) is 1.